The summed E-state index contributed by atoms with van der Waals surface area (Å²) in [6.45, 7) is 0. The molecule has 3 rings (SSSR count). The Balaban J connectivity index is 2.00. The van der Waals surface area contributed by atoms with Gasteiger partial charge in [-0.2, -0.15) is 0 Å². The zero-order valence-corrected chi connectivity index (χ0v) is 13.9. The number of phenolic OH excluding ortho intramolecular Hbond substituents is 1. The van der Waals surface area contributed by atoms with Gasteiger partial charge in [0.05, 0.1) is 10.7 Å². The van der Waals surface area contributed by atoms with Gasteiger partial charge in [0, 0.05) is 10.6 Å². The number of nitrogens with zero attached hydrogens (tertiary/aromatic N) is 1. The van der Waals surface area contributed by atoms with E-state index in [1.165, 1.54) is 17.0 Å². The Bertz CT molecular complexity index is 852. The van der Waals surface area contributed by atoms with Gasteiger partial charge in [0.1, 0.15) is 11.4 Å². The molecule has 2 N–H and O–H groups in total. The van der Waals surface area contributed by atoms with Gasteiger partial charge in [0.25, 0.3) is 5.91 Å². The van der Waals surface area contributed by atoms with Gasteiger partial charge in [-0.3, -0.25) is 9.69 Å². The molecule has 0 unspecified atom stereocenters. The number of rotatable bonds is 2. The van der Waals surface area contributed by atoms with E-state index < -0.39 is 0 Å². The standard InChI is InChI=1S/C16H10Cl2N2O2S/c17-10-5-6-14(21)9(7-10)8-12-15(22)20(16(23)19-12)13-4-2-1-3-11(13)18/h1-8,21H,(H,19,23)/b12-8-. The third-order valence-electron chi connectivity index (χ3n) is 3.26. The van der Waals surface area contributed by atoms with Crippen LogP contribution in [0.5, 0.6) is 5.75 Å². The summed E-state index contributed by atoms with van der Waals surface area (Å²) in [6.07, 6.45) is 1.49. The molecule has 2 aromatic rings. The number of hydrogen-bond donors (Lipinski definition) is 2. The van der Waals surface area contributed by atoms with Gasteiger partial charge >= 0.3 is 0 Å². The maximum Gasteiger partial charge on any atom is 0.281 e. The van der Waals surface area contributed by atoms with Crippen molar-refractivity contribution in [3.05, 3.63) is 63.8 Å². The maximum absolute atomic E-state index is 12.6. The quantitative estimate of drug-likeness (QED) is 0.625. The smallest absolute Gasteiger partial charge is 0.281 e. The lowest BCUT2D eigenvalue weighted by Crippen LogP contribution is -2.30. The summed E-state index contributed by atoms with van der Waals surface area (Å²) in [5, 5.41) is 13.8. The number of para-hydroxylation sites is 1. The summed E-state index contributed by atoms with van der Waals surface area (Å²) >= 11 is 17.3. The molecule has 1 amide bonds. The van der Waals surface area contributed by atoms with Crippen molar-refractivity contribution in [2.45, 2.75) is 0 Å². The minimum absolute atomic E-state index is 0.0126. The first-order valence-electron chi connectivity index (χ1n) is 6.57. The molecule has 0 spiro atoms. The molecule has 4 nitrogen and oxygen atoms in total. The highest BCUT2D eigenvalue weighted by molar-refractivity contribution is 7.80. The number of benzene rings is 2. The average molecular weight is 365 g/mol. The van der Waals surface area contributed by atoms with Crippen LogP contribution in [0.3, 0.4) is 0 Å². The first-order chi connectivity index (χ1) is 11.0. The number of phenols is 1. The van der Waals surface area contributed by atoms with Crippen LogP contribution in [0.4, 0.5) is 5.69 Å². The number of nitrogens with one attached hydrogen (secondary N) is 1. The molecule has 7 heteroatoms. The SMILES string of the molecule is O=C1/C(=C/c2cc(Cl)ccc2O)NC(=S)N1c1ccccc1Cl. The van der Waals surface area contributed by atoms with E-state index in [9.17, 15) is 9.90 Å². The second-order valence-electron chi connectivity index (χ2n) is 4.78. The Labute approximate surface area is 147 Å². The summed E-state index contributed by atoms with van der Waals surface area (Å²) < 4.78 is 0. The molecule has 0 aliphatic carbocycles. The fourth-order valence-electron chi connectivity index (χ4n) is 2.18. The second-order valence-corrected chi connectivity index (χ2v) is 6.01. The zero-order valence-electron chi connectivity index (χ0n) is 11.6. The van der Waals surface area contributed by atoms with Gasteiger partial charge in [-0.1, -0.05) is 35.3 Å². The van der Waals surface area contributed by atoms with Gasteiger partial charge in [-0.25, -0.2) is 0 Å². The number of carbonyl (C=O) groups is 1. The van der Waals surface area contributed by atoms with E-state index in [-0.39, 0.29) is 22.5 Å². The van der Waals surface area contributed by atoms with Crippen molar-refractivity contribution in [2.24, 2.45) is 0 Å². The van der Waals surface area contributed by atoms with Crippen molar-refractivity contribution < 1.29 is 9.90 Å². The third kappa shape index (κ3) is 3.03. The molecule has 1 aliphatic heterocycles. The average Bonchev–Trinajstić information content (AvgIpc) is 2.78. The molecule has 2 aromatic carbocycles. The highest BCUT2D eigenvalue weighted by Gasteiger charge is 2.33. The van der Waals surface area contributed by atoms with Gasteiger partial charge < -0.3 is 10.4 Å². The lowest BCUT2D eigenvalue weighted by Gasteiger charge is -2.15. The molecular weight excluding hydrogens is 355 g/mol. The Morgan fingerprint density at radius 3 is 2.65 bits per heavy atom. The Morgan fingerprint density at radius 2 is 1.91 bits per heavy atom. The predicted molar refractivity (Wildman–Crippen MR) is 95.8 cm³/mol. The van der Waals surface area contributed by atoms with E-state index in [1.807, 2.05) is 0 Å². The molecule has 1 saturated heterocycles. The van der Waals surface area contributed by atoms with Gasteiger partial charge in [-0.15, -0.1) is 0 Å². The van der Waals surface area contributed by atoms with Crippen molar-refractivity contribution in [3.8, 4) is 5.75 Å². The largest absolute Gasteiger partial charge is 0.507 e. The highest BCUT2D eigenvalue weighted by atomic mass is 35.5. The molecule has 0 bridgehead atoms. The number of carbonyl (C=O) groups excluding carboxylic acids is 1. The van der Waals surface area contributed by atoms with Crippen LogP contribution in [0, 0.1) is 0 Å². The summed E-state index contributed by atoms with van der Waals surface area (Å²) in [5.41, 5.74) is 1.14. The minimum Gasteiger partial charge on any atom is -0.507 e. The van der Waals surface area contributed by atoms with E-state index in [0.29, 0.717) is 21.3 Å². The van der Waals surface area contributed by atoms with Gasteiger partial charge in [-0.05, 0) is 48.6 Å². The van der Waals surface area contributed by atoms with Crippen LogP contribution in [-0.2, 0) is 4.79 Å². The van der Waals surface area contributed by atoms with Crippen LogP contribution in [0.1, 0.15) is 5.56 Å². The molecule has 0 saturated carbocycles. The number of amides is 1. The maximum atomic E-state index is 12.6. The van der Waals surface area contributed by atoms with Crippen LogP contribution in [-0.4, -0.2) is 16.1 Å². The summed E-state index contributed by atoms with van der Waals surface area (Å²) in [7, 11) is 0. The molecule has 0 atom stereocenters. The number of anilines is 1. The van der Waals surface area contributed by atoms with Gasteiger partial charge in [0.15, 0.2) is 5.11 Å². The zero-order chi connectivity index (χ0) is 16.6. The first kappa shape index (κ1) is 15.8. The second kappa shape index (κ2) is 6.20. The Morgan fingerprint density at radius 1 is 1.17 bits per heavy atom. The van der Waals surface area contributed by atoms with Crippen molar-refractivity contribution in [3.63, 3.8) is 0 Å². The van der Waals surface area contributed by atoms with E-state index in [4.69, 9.17) is 35.4 Å². The van der Waals surface area contributed by atoms with E-state index in [1.54, 1.807) is 36.4 Å². The van der Waals surface area contributed by atoms with Crippen molar-refractivity contribution in [2.75, 3.05) is 4.90 Å². The summed E-state index contributed by atoms with van der Waals surface area (Å²) in [4.78, 5) is 13.9. The normalized spacial score (nSPS) is 16.1. The van der Waals surface area contributed by atoms with E-state index in [0.717, 1.165) is 0 Å². The van der Waals surface area contributed by atoms with E-state index in [2.05, 4.69) is 5.32 Å². The number of halogens is 2. The van der Waals surface area contributed by atoms with Crippen LogP contribution in [0.15, 0.2) is 48.2 Å². The lowest BCUT2D eigenvalue weighted by atomic mass is 10.1. The molecule has 23 heavy (non-hydrogen) atoms. The topological polar surface area (TPSA) is 52.6 Å². The van der Waals surface area contributed by atoms with Crippen molar-refractivity contribution in [1.29, 1.82) is 0 Å². The fraction of sp³-hybridized carbons (Fsp3) is 0. The Hall–Kier alpha value is -2.08. The third-order valence-corrected chi connectivity index (χ3v) is 4.10. The van der Waals surface area contributed by atoms with E-state index >= 15 is 0 Å². The molecule has 1 aliphatic rings. The monoisotopic (exact) mass is 364 g/mol. The number of hydrogen-bond acceptors (Lipinski definition) is 3. The molecule has 0 aromatic heterocycles. The molecule has 0 radical (unpaired) electrons. The summed E-state index contributed by atoms with van der Waals surface area (Å²) in [6, 6.07) is 11.5. The lowest BCUT2D eigenvalue weighted by molar-refractivity contribution is -0.113. The predicted octanol–water partition coefficient (Wildman–Crippen LogP) is 3.96. The first-order valence-corrected chi connectivity index (χ1v) is 7.74. The molecular formula is C16H10Cl2N2O2S. The van der Waals surface area contributed by atoms with Gasteiger partial charge in [0.2, 0.25) is 0 Å². The summed E-state index contributed by atoms with van der Waals surface area (Å²) in [5.74, 6) is -0.346. The fourth-order valence-corrected chi connectivity index (χ4v) is 2.88. The highest BCUT2D eigenvalue weighted by Crippen LogP contribution is 2.30. The van der Waals surface area contributed by atoms with Crippen molar-refractivity contribution >= 4 is 58.2 Å². The van der Waals surface area contributed by atoms with Crippen LogP contribution in [0.25, 0.3) is 6.08 Å². The molecule has 1 fully saturated rings. The Kier molecular flexibility index (Phi) is 4.26. The van der Waals surface area contributed by atoms with Crippen LogP contribution >= 0.6 is 35.4 Å². The molecule has 116 valence electrons. The minimum atomic E-state index is -0.359. The van der Waals surface area contributed by atoms with Crippen LogP contribution < -0.4 is 10.2 Å². The molecule has 1 heterocycles. The van der Waals surface area contributed by atoms with Crippen LogP contribution in [0.2, 0.25) is 10.0 Å². The number of thiocarbonyl (C=S) groups is 1. The van der Waals surface area contributed by atoms with Crippen molar-refractivity contribution in [1.82, 2.24) is 5.32 Å². The number of aromatic hydroxyl groups is 1.